The van der Waals surface area contributed by atoms with Crippen molar-refractivity contribution in [2.24, 2.45) is 0 Å². The number of benzene rings is 4. The fourth-order valence-corrected chi connectivity index (χ4v) is 7.76. The van der Waals surface area contributed by atoms with Crippen LogP contribution in [0.1, 0.15) is 0 Å². The molecular weight excluding hydrogens is 418 g/mol. The molecule has 0 fully saturated rings. The van der Waals surface area contributed by atoms with E-state index >= 15 is 0 Å². The van der Waals surface area contributed by atoms with Gasteiger partial charge in [-0.2, -0.15) is 0 Å². The summed E-state index contributed by atoms with van der Waals surface area (Å²) in [5.41, 5.74) is 0. The van der Waals surface area contributed by atoms with Gasteiger partial charge in [-0.05, 0) is 40.6 Å². The maximum Gasteiger partial charge on any atom is 0.123 e. The highest BCUT2D eigenvalue weighted by Crippen LogP contribution is 2.54. The molecule has 0 amide bonds. The average Bonchev–Trinajstić information content (AvgIpc) is 2.72. The Balaban J connectivity index is 0.00000210. The molecule has 1 radical (unpaired) electrons. The summed E-state index contributed by atoms with van der Waals surface area (Å²) in [6, 6.07) is 38.8. The summed E-state index contributed by atoms with van der Waals surface area (Å²) in [5, 5.41) is 4.96. The molecule has 0 nitrogen and oxygen atoms in total. The summed E-state index contributed by atoms with van der Waals surface area (Å²) < 4.78 is 13.7. The first-order chi connectivity index (χ1) is 12.8. The third kappa shape index (κ3) is 3.60. The number of hydrogen-bond donors (Lipinski definition) is 0. The Bertz CT molecular complexity index is 874. The van der Waals surface area contributed by atoms with Crippen LogP contribution in [-0.4, -0.2) is 0 Å². The van der Waals surface area contributed by atoms with Crippen LogP contribution in [0.2, 0.25) is 0 Å². The van der Waals surface area contributed by atoms with Crippen LogP contribution < -0.4 is 21.2 Å². The minimum absolute atomic E-state index is 0. The molecule has 0 bridgehead atoms. The van der Waals surface area contributed by atoms with E-state index in [4.69, 9.17) is 0 Å². The van der Waals surface area contributed by atoms with Crippen molar-refractivity contribution < 1.29 is 4.39 Å². The topological polar surface area (TPSA) is 0 Å². The molecule has 135 valence electrons. The van der Waals surface area contributed by atoms with Crippen LogP contribution in [0.5, 0.6) is 0 Å². The van der Waals surface area contributed by atoms with Crippen LogP contribution in [0.25, 0.3) is 0 Å². The highest BCUT2D eigenvalue weighted by atomic mass is 79.9. The third-order valence-electron chi connectivity index (χ3n) is 4.64. The summed E-state index contributed by atoms with van der Waals surface area (Å²) >= 11 is 0. The van der Waals surface area contributed by atoms with Crippen LogP contribution in [0, 0.1) is 5.82 Å². The summed E-state index contributed by atoms with van der Waals surface area (Å²) in [4.78, 5) is 0. The Morgan fingerprint density at radius 3 is 1.04 bits per heavy atom. The van der Waals surface area contributed by atoms with Crippen molar-refractivity contribution in [3.8, 4) is 0 Å². The molecule has 0 spiro atoms. The van der Waals surface area contributed by atoms with Crippen LogP contribution in [-0.2, 0) is 0 Å². The molecule has 0 aliphatic heterocycles. The predicted octanol–water partition coefficient (Wildman–Crippen LogP) is 5.02. The first-order valence-corrected chi connectivity index (χ1v) is 10.4. The minimum atomic E-state index is -2.09. The second kappa shape index (κ2) is 8.61. The molecule has 0 unspecified atom stereocenters. The van der Waals surface area contributed by atoms with E-state index in [-0.39, 0.29) is 22.8 Å². The third-order valence-corrected chi connectivity index (χ3v) is 8.94. The van der Waals surface area contributed by atoms with Crippen molar-refractivity contribution in [2.75, 3.05) is 0 Å². The largest absolute Gasteiger partial charge is 0.207 e. The molecule has 0 N–H and O–H groups in total. The van der Waals surface area contributed by atoms with Gasteiger partial charge in [-0.25, -0.2) is 4.39 Å². The molecule has 27 heavy (non-hydrogen) atoms. The minimum Gasteiger partial charge on any atom is -0.207 e. The van der Waals surface area contributed by atoms with Gasteiger partial charge < -0.3 is 0 Å². The Morgan fingerprint density at radius 2 is 0.704 bits per heavy atom. The zero-order valence-corrected chi connectivity index (χ0v) is 17.3. The van der Waals surface area contributed by atoms with Gasteiger partial charge in [0.05, 0.1) is 0 Å². The molecule has 4 aromatic carbocycles. The fraction of sp³-hybridized carbons (Fsp3) is 0. The molecule has 0 aromatic heterocycles. The SMILES string of the molecule is Br.Fc1ccc([P](c2ccccc2)(c2ccccc2)c2ccccc2)cc1. The molecule has 4 rings (SSSR count). The Kier molecular flexibility index (Phi) is 6.21. The molecule has 0 saturated heterocycles. The predicted molar refractivity (Wildman–Crippen MR) is 122 cm³/mol. The summed E-state index contributed by atoms with van der Waals surface area (Å²) in [6.45, 7) is 0. The second-order valence-corrected chi connectivity index (χ2v) is 9.56. The highest BCUT2D eigenvalue weighted by molar-refractivity contribution is 8.93. The Labute approximate surface area is 170 Å². The average molecular weight is 438 g/mol. The van der Waals surface area contributed by atoms with Crippen molar-refractivity contribution >= 4 is 45.5 Å². The van der Waals surface area contributed by atoms with Gasteiger partial charge in [0.2, 0.25) is 0 Å². The van der Waals surface area contributed by atoms with E-state index in [2.05, 4.69) is 72.8 Å². The van der Waals surface area contributed by atoms with Crippen molar-refractivity contribution in [3.63, 3.8) is 0 Å². The fourth-order valence-electron chi connectivity index (χ4n) is 3.51. The lowest BCUT2D eigenvalue weighted by atomic mass is 10.3. The lowest BCUT2D eigenvalue weighted by molar-refractivity contribution is 0.628. The van der Waals surface area contributed by atoms with Crippen molar-refractivity contribution in [1.29, 1.82) is 0 Å². The van der Waals surface area contributed by atoms with Gasteiger partial charge in [0, 0.05) is 0 Å². The lowest BCUT2D eigenvalue weighted by Gasteiger charge is -2.38. The molecule has 0 aliphatic carbocycles. The van der Waals surface area contributed by atoms with Gasteiger partial charge in [-0.3, -0.25) is 0 Å². The number of halogens is 2. The van der Waals surface area contributed by atoms with Gasteiger partial charge in [0.15, 0.2) is 0 Å². The maximum atomic E-state index is 13.7. The van der Waals surface area contributed by atoms with Crippen molar-refractivity contribution in [3.05, 3.63) is 121 Å². The molecule has 4 aromatic rings. The first kappa shape index (κ1) is 19.5. The summed E-state index contributed by atoms with van der Waals surface area (Å²) in [7, 11) is -2.09. The zero-order valence-electron chi connectivity index (χ0n) is 14.7. The van der Waals surface area contributed by atoms with Crippen LogP contribution in [0.4, 0.5) is 4.39 Å². The second-order valence-electron chi connectivity index (χ2n) is 6.15. The molecule has 0 heterocycles. The van der Waals surface area contributed by atoms with Gasteiger partial charge in [-0.1, -0.05) is 103 Å². The maximum absolute atomic E-state index is 13.7. The van der Waals surface area contributed by atoms with Crippen LogP contribution >= 0.6 is 24.2 Å². The quantitative estimate of drug-likeness (QED) is 0.393. The normalized spacial score (nSPS) is 10.9. The van der Waals surface area contributed by atoms with E-state index in [9.17, 15) is 4.39 Å². The monoisotopic (exact) mass is 437 g/mol. The van der Waals surface area contributed by atoms with Gasteiger partial charge in [0.1, 0.15) is 5.82 Å². The van der Waals surface area contributed by atoms with E-state index < -0.39 is 7.26 Å². The highest BCUT2D eigenvalue weighted by Gasteiger charge is 2.35. The smallest absolute Gasteiger partial charge is 0.123 e. The molecule has 0 atom stereocenters. The van der Waals surface area contributed by atoms with E-state index in [1.54, 1.807) is 12.1 Å². The Hall–Kier alpha value is -2.28. The molecule has 0 aliphatic rings. The van der Waals surface area contributed by atoms with Crippen LogP contribution in [0.15, 0.2) is 115 Å². The van der Waals surface area contributed by atoms with Gasteiger partial charge >= 0.3 is 0 Å². The van der Waals surface area contributed by atoms with E-state index in [1.165, 1.54) is 15.9 Å². The van der Waals surface area contributed by atoms with Gasteiger partial charge in [-0.15, -0.1) is 17.0 Å². The number of rotatable bonds is 4. The van der Waals surface area contributed by atoms with E-state index in [0.29, 0.717) is 0 Å². The standard InChI is InChI=1S/C24H19FP.BrH/c25-20-16-18-24(19-17-20)26(21-10-4-1-5-11-21,22-12-6-2-7-13-22)23-14-8-3-9-15-23;/h1-19H;1H. The first-order valence-electron chi connectivity index (χ1n) is 8.64. The number of hydrogen-bond acceptors (Lipinski definition) is 0. The van der Waals surface area contributed by atoms with E-state index in [0.717, 1.165) is 5.30 Å². The van der Waals surface area contributed by atoms with E-state index in [1.807, 2.05) is 30.3 Å². The zero-order chi connectivity index (χ0) is 17.8. The molecule has 3 heteroatoms. The summed E-state index contributed by atoms with van der Waals surface area (Å²) in [6.07, 6.45) is 0. The lowest BCUT2D eigenvalue weighted by Crippen LogP contribution is -2.38. The summed E-state index contributed by atoms with van der Waals surface area (Å²) in [5.74, 6) is -0.207. The van der Waals surface area contributed by atoms with Crippen LogP contribution in [0.3, 0.4) is 0 Å². The molecule has 0 saturated carbocycles. The van der Waals surface area contributed by atoms with Crippen molar-refractivity contribution in [1.82, 2.24) is 0 Å². The molecular formula is C24H20BrFP. The van der Waals surface area contributed by atoms with Crippen molar-refractivity contribution in [2.45, 2.75) is 0 Å². The van der Waals surface area contributed by atoms with Gasteiger partial charge in [0.25, 0.3) is 0 Å². The Morgan fingerprint density at radius 1 is 0.407 bits per heavy atom.